The summed E-state index contributed by atoms with van der Waals surface area (Å²) in [6, 6.07) is 17.9. The molecule has 0 saturated heterocycles. The van der Waals surface area contributed by atoms with Gasteiger partial charge in [-0.1, -0.05) is 60.2 Å². The quantitative estimate of drug-likeness (QED) is 0.366. The van der Waals surface area contributed by atoms with Gasteiger partial charge in [0.15, 0.2) is 5.78 Å². The van der Waals surface area contributed by atoms with E-state index >= 15 is 0 Å². The summed E-state index contributed by atoms with van der Waals surface area (Å²) in [4.78, 5) is 24.1. The van der Waals surface area contributed by atoms with E-state index < -0.39 is 0 Å². The van der Waals surface area contributed by atoms with Crippen LogP contribution in [0.25, 0.3) is 6.08 Å². The largest absolute Gasteiger partial charge is 0.352 e. The molecule has 2 aromatic carbocycles. The van der Waals surface area contributed by atoms with Crippen LogP contribution < -0.4 is 5.32 Å². The van der Waals surface area contributed by atoms with Crippen molar-refractivity contribution in [2.75, 3.05) is 6.54 Å². The van der Waals surface area contributed by atoms with E-state index in [1.165, 1.54) is 12.5 Å². The van der Waals surface area contributed by atoms with Crippen LogP contribution in [-0.2, 0) is 16.0 Å². The Morgan fingerprint density at radius 1 is 1.04 bits per heavy atom. The summed E-state index contributed by atoms with van der Waals surface area (Å²) in [5.41, 5.74) is 3.39. The summed E-state index contributed by atoms with van der Waals surface area (Å²) < 4.78 is 0. The fraction of sp³-hybridized carbons (Fsp3) is 0.238. The maximum Gasteiger partial charge on any atom is 0.254 e. The molecular weight excluding hydrogens is 298 g/mol. The highest BCUT2D eigenvalue weighted by molar-refractivity contribution is 6.21. The molecule has 2 rings (SSSR count). The van der Waals surface area contributed by atoms with Crippen molar-refractivity contribution in [3.63, 3.8) is 0 Å². The maximum atomic E-state index is 12.3. The molecule has 0 spiro atoms. The van der Waals surface area contributed by atoms with Gasteiger partial charge in [0, 0.05) is 6.54 Å². The molecule has 3 heteroatoms. The van der Waals surface area contributed by atoms with Crippen LogP contribution in [0.4, 0.5) is 0 Å². The molecule has 1 amide bonds. The Balaban J connectivity index is 1.93. The normalized spacial score (nSPS) is 11.2. The number of rotatable bonds is 7. The van der Waals surface area contributed by atoms with Gasteiger partial charge in [-0.15, -0.1) is 0 Å². The summed E-state index contributed by atoms with van der Waals surface area (Å²) >= 11 is 0. The van der Waals surface area contributed by atoms with Crippen LogP contribution in [0.15, 0.2) is 60.2 Å². The van der Waals surface area contributed by atoms with Crippen molar-refractivity contribution in [2.24, 2.45) is 0 Å². The molecule has 0 heterocycles. The smallest absolute Gasteiger partial charge is 0.254 e. The van der Waals surface area contributed by atoms with Crippen LogP contribution in [0.5, 0.6) is 0 Å². The van der Waals surface area contributed by atoms with E-state index in [2.05, 4.69) is 17.4 Å². The van der Waals surface area contributed by atoms with Gasteiger partial charge in [-0.25, -0.2) is 0 Å². The Labute approximate surface area is 143 Å². The van der Waals surface area contributed by atoms with Gasteiger partial charge in [-0.3, -0.25) is 9.59 Å². The zero-order valence-corrected chi connectivity index (χ0v) is 14.2. The minimum atomic E-state index is -0.308. The van der Waals surface area contributed by atoms with E-state index in [-0.39, 0.29) is 17.3 Å². The number of ketones is 1. The van der Waals surface area contributed by atoms with Crippen LogP contribution in [0.3, 0.4) is 0 Å². The van der Waals surface area contributed by atoms with Crippen LogP contribution in [-0.4, -0.2) is 18.2 Å². The molecule has 0 aliphatic rings. The van der Waals surface area contributed by atoms with Gasteiger partial charge in [0.2, 0.25) is 0 Å². The maximum absolute atomic E-state index is 12.3. The molecule has 0 radical (unpaired) electrons. The zero-order valence-electron chi connectivity index (χ0n) is 14.2. The monoisotopic (exact) mass is 321 g/mol. The van der Waals surface area contributed by atoms with Crippen LogP contribution >= 0.6 is 0 Å². The standard InChI is InChI=1S/C21H23NO2/c1-16-8-6-11-19(14-16)15-20(17(2)23)21(24)22-13-7-12-18-9-4-3-5-10-18/h3-6,8-11,14-15H,7,12-13H2,1-2H3,(H,22,24)/b20-15-. The number of nitrogens with one attached hydrogen (secondary N) is 1. The van der Waals surface area contributed by atoms with E-state index in [1.807, 2.05) is 49.4 Å². The molecule has 0 saturated carbocycles. The van der Waals surface area contributed by atoms with Gasteiger partial charge in [0.25, 0.3) is 5.91 Å². The molecule has 0 bridgehead atoms. The highest BCUT2D eigenvalue weighted by Gasteiger charge is 2.13. The zero-order chi connectivity index (χ0) is 17.4. The third-order valence-corrected chi connectivity index (χ3v) is 3.75. The topological polar surface area (TPSA) is 46.2 Å². The molecule has 2 aromatic rings. The fourth-order valence-corrected chi connectivity index (χ4v) is 2.49. The van der Waals surface area contributed by atoms with Gasteiger partial charge in [0.1, 0.15) is 0 Å². The van der Waals surface area contributed by atoms with Gasteiger partial charge in [0.05, 0.1) is 5.57 Å². The number of benzene rings is 2. The first-order valence-electron chi connectivity index (χ1n) is 8.17. The first kappa shape index (κ1) is 17.7. The number of amides is 1. The number of hydrogen-bond acceptors (Lipinski definition) is 2. The van der Waals surface area contributed by atoms with Crippen LogP contribution in [0.2, 0.25) is 0 Å². The van der Waals surface area contributed by atoms with Gasteiger partial charge in [-0.2, -0.15) is 0 Å². The van der Waals surface area contributed by atoms with Crippen molar-refractivity contribution in [1.82, 2.24) is 5.32 Å². The highest BCUT2D eigenvalue weighted by atomic mass is 16.2. The second kappa shape index (κ2) is 8.82. The predicted octanol–water partition coefficient (Wildman–Crippen LogP) is 3.72. The third-order valence-electron chi connectivity index (χ3n) is 3.75. The molecule has 0 aromatic heterocycles. The lowest BCUT2D eigenvalue weighted by molar-refractivity contribution is -0.121. The molecule has 0 aliphatic carbocycles. The van der Waals surface area contributed by atoms with Crippen molar-refractivity contribution in [3.8, 4) is 0 Å². The fourth-order valence-electron chi connectivity index (χ4n) is 2.49. The Morgan fingerprint density at radius 2 is 1.79 bits per heavy atom. The Morgan fingerprint density at radius 3 is 2.46 bits per heavy atom. The lowest BCUT2D eigenvalue weighted by Gasteiger charge is -2.07. The Bertz CT molecular complexity index is 733. The van der Waals surface area contributed by atoms with Crippen molar-refractivity contribution in [3.05, 3.63) is 76.9 Å². The molecule has 0 fully saturated rings. The molecule has 0 unspecified atom stereocenters. The van der Waals surface area contributed by atoms with Gasteiger partial charge >= 0.3 is 0 Å². The molecule has 0 atom stereocenters. The van der Waals surface area contributed by atoms with Crippen LogP contribution in [0.1, 0.15) is 30.0 Å². The molecular formula is C21H23NO2. The highest BCUT2D eigenvalue weighted by Crippen LogP contribution is 2.10. The van der Waals surface area contributed by atoms with Crippen molar-refractivity contribution >= 4 is 17.8 Å². The molecule has 1 N–H and O–H groups in total. The Kier molecular flexibility index (Phi) is 6.50. The van der Waals surface area contributed by atoms with E-state index in [0.717, 1.165) is 24.0 Å². The average Bonchev–Trinajstić information content (AvgIpc) is 2.57. The van der Waals surface area contributed by atoms with Gasteiger partial charge in [-0.05, 0) is 43.9 Å². The van der Waals surface area contributed by atoms with Gasteiger partial charge < -0.3 is 5.32 Å². The SMILES string of the molecule is CC(=O)/C(=C/c1cccc(C)c1)C(=O)NCCCc1ccccc1. The van der Waals surface area contributed by atoms with Crippen molar-refractivity contribution in [2.45, 2.75) is 26.7 Å². The second-order valence-corrected chi connectivity index (χ2v) is 5.87. The van der Waals surface area contributed by atoms with E-state index in [9.17, 15) is 9.59 Å². The number of hydrogen-bond donors (Lipinski definition) is 1. The number of carbonyl (C=O) groups excluding carboxylic acids is 2. The Hall–Kier alpha value is -2.68. The summed E-state index contributed by atoms with van der Waals surface area (Å²) in [6.07, 6.45) is 3.39. The minimum Gasteiger partial charge on any atom is -0.352 e. The summed E-state index contributed by atoms with van der Waals surface area (Å²) in [7, 11) is 0. The van der Waals surface area contributed by atoms with Crippen molar-refractivity contribution in [1.29, 1.82) is 0 Å². The van der Waals surface area contributed by atoms with E-state index in [0.29, 0.717) is 6.54 Å². The van der Waals surface area contributed by atoms with Crippen LogP contribution in [0, 0.1) is 6.92 Å². The number of aryl methyl sites for hydroxylation is 2. The number of carbonyl (C=O) groups is 2. The number of Topliss-reactive ketones (excluding diaryl/α,β-unsaturated/α-hetero) is 1. The lowest BCUT2D eigenvalue weighted by Crippen LogP contribution is -2.28. The molecule has 24 heavy (non-hydrogen) atoms. The first-order valence-corrected chi connectivity index (χ1v) is 8.17. The second-order valence-electron chi connectivity index (χ2n) is 5.87. The lowest BCUT2D eigenvalue weighted by atomic mass is 10.1. The molecule has 124 valence electrons. The summed E-state index contributed by atoms with van der Waals surface area (Å²) in [6.45, 7) is 3.95. The first-order chi connectivity index (χ1) is 11.6. The predicted molar refractivity (Wildman–Crippen MR) is 97.6 cm³/mol. The minimum absolute atomic E-state index is 0.195. The van der Waals surface area contributed by atoms with Crippen molar-refractivity contribution < 1.29 is 9.59 Å². The third kappa shape index (κ3) is 5.51. The van der Waals surface area contributed by atoms with E-state index in [4.69, 9.17) is 0 Å². The summed E-state index contributed by atoms with van der Waals surface area (Å²) in [5, 5.41) is 2.84. The van der Waals surface area contributed by atoms with E-state index in [1.54, 1.807) is 6.08 Å². The average molecular weight is 321 g/mol. The molecule has 3 nitrogen and oxygen atoms in total. The summed E-state index contributed by atoms with van der Waals surface area (Å²) in [5.74, 6) is -0.533. The molecule has 0 aliphatic heterocycles.